The molecule has 330 valence electrons. The lowest BCUT2D eigenvalue weighted by Gasteiger charge is -2.32. The minimum Gasteiger partial charge on any atom is -0.310 e. The third kappa shape index (κ3) is 6.71. The van der Waals surface area contributed by atoms with Crippen LogP contribution in [0.5, 0.6) is 0 Å². The van der Waals surface area contributed by atoms with Crippen molar-refractivity contribution in [2.24, 2.45) is 0 Å². The van der Waals surface area contributed by atoms with Crippen molar-refractivity contribution < 1.29 is 0 Å². The van der Waals surface area contributed by atoms with Gasteiger partial charge in [-0.1, -0.05) is 218 Å². The fourth-order valence-corrected chi connectivity index (χ4v) is 11.4. The van der Waals surface area contributed by atoms with Crippen LogP contribution in [0.2, 0.25) is 0 Å². The molecule has 0 amide bonds. The van der Waals surface area contributed by atoms with Crippen molar-refractivity contribution in [3.05, 3.63) is 290 Å². The predicted molar refractivity (Wildman–Crippen MR) is 295 cm³/mol. The van der Waals surface area contributed by atoms with E-state index in [2.05, 4.69) is 289 Å². The van der Waals surface area contributed by atoms with Gasteiger partial charge in [-0.25, -0.2) is 0 Å². The second-order valence-corrected chi connectivity index (χ2v) is 18.5. The maximum absolute atomic E-state index is 2.48. The van der Waals surface area contributed by atoms with Crippen LogP contribution in [0.1, 0.15) is 23.6 Å². The Bertz CT molecular complexity index is 3890. The zero-order chi connectivity index (χ0) is 46.6. The molecule has 0 spiro atoms. The van der Waals surface area contributed by atoms with Gasteiger partial charge in [0.15, 0.2) is 0 Å². The Hall–Kier alpha value is -8.98. The molecule has 70 heavy (non-hydrogen) atoms. The molecule has 0 aliphatic heterocycles. The molecule has 1 atom stereocenters. The zero-order valence-corrected chi connectivity index (χ0v) is 38.9. The Kier molecular flexibility index (Phi) is 9.99. The maximum atomic E-state index is 2.48. The minimum atomic E-state index is -0.354. The molecule has 0 fully saturated rings. The summed E-state index contributed by atoms with van der Waals surface area (Å²) in [6.45, 7) is 2.40. The van der Waals surface area contributed by atoms with Crippen LogP contribution >= 0.6 is 0 Å². The molecule has 2 heteroatoms. The summed E-state index contributed by atoms with van der Waals surface area (Å²) in [6.07, 6.45) is 0. The molecular formula is C68H48N2. The van der Waals surface area contributed by atoms with E-state index in [1.165, 1.54) is 83.0 Å². The molecule has 1 unspecified atom stereocenters. The average Bonchev–Trinajstić information content (AvgIpc) is 3.91. The molecule has 1 aromatic heterocycles. The van der Waals surface area contributed by atoms with Gasteiger partial charge in [0.05, 0.1) is 16.7 Å². The third-order valence-corrected chi connectivity index (χ3v) is 14.7. The van der Waals surface area contributed by atoms with Gasteiger partial charge >= 0.3 is 0 Å². The van der Waals surface area contributed by atoms with E-state index < -0.39 is 0 Å². The molecule has 1 aliphatic carbocycles. The summed E-state index contributed by atoms with van der Waals surface area (Å²) in [5.74, 6) is 0. The third-order valence-electron chi connectivity index (χ3n) is 14.7. The first kappa shape index (κ1) is 41.2. The molecular weight excluding hydrogens is 845 g/mol. The molecule has 1 aliphatic rings. The van der Waals surface area contributed by atoms with E-state index in [0.717, 1.165) is 33.9 Å². The van der Waals surface area contributed by atoms with Gasteiger partial charge in [0, 0.05) is 38.8 Å². The van der Waals surface area contributed by atoms with Gasteiger partial charge in [-0.15, -0.1) is 0 Å². The molecule has 13 rings (SSSR count). The largest absolute Gasteiger partial charge is 0.310 e. The highest BCUT2D eigenvalue weighted by Gasteiger charge is 2.41. The Balaban J connectivity index is 0.996. The van der Waals surface area contributed by atoms with E-state index in [0.29, 0.717) is 0 Å². The van der Waals surface area contributed by atoms with Gasteiger partial charge in [0.25, 0.3) is 0 Å². The van der Waals surface area contributed by atoms with Crippen molar-refractivity contribution in [3.63, 3.8) is 0 Å². The van der Waals surface area contributed by atoms with Crippen LogP contribution < -0.4 is 4.90 Å². The van der Waals surface area contributed by atoms with Gasteiger partial charge < -0.3 is 9.47 Å². The summed E-state index contributed by atoms with van der Waals surface area (Å²) in [7, 11) is 0. The van der Waals surface area contributed by atoms with Gasteiger partial charge in [-0.2, -0.15) is 0 Å². The smallest absolute Gasteiger partial charge is 0.0547 e. The van der Waals surface area contributed by atoms with Gasteiger partial charge in [-0.05, 0) is 128 Å². The Morgan fingerprint density at radius 1 is 0.314 bits per heavy atom. The number of fused-ring (bicyclic) bond motifs is 6. The number of hydrogen-bond acceptors (Lipinski definition) is 1. The van der Waals surface area contributed by atoms with Crippen molar-refractivity contribution in [1.29, 1.82) is 0 Å². The predicted octanol–water partition coefficient (Wildman–Crippen LogP) is 18.3. The van der Waals surface area contributed by atoms with Crippen LogP contribution in [-0.2, 0) is 5.41 Å². The molecule has 1 heterocycles. The Morgan fingerprint density at radius 3 is 1.57 bits per heavy atom. The molecule has 11 aromatic carbocycles. The van der Waals surface area contributed by atoms with E-state index in [1.807, 2.05) is 0 Å². The first-order valence-corrected chi connectivity index (χ1v) is 24.3. The SMILES string of the molecule is CC1(c2ccccc2)c2ccccc2-c2ccc(N(c3ccc(-c4ccc5c6ccccc6n(-c6ccccc6)c5c4)cc3)c3ccccc3-c3ccccc3-c3ccccc3-c3ccccc3)cc21. The monoisotopic (exact) mass is 892 g/mol. The number of aromatic nitrogens is 1. The first-order valence-electron chi connectivity index (χ1n) is 24.3. The topological polar surface area (TPSA) is 8.17 Å². The summed E-state index contributed by atoms with van der Waals surface area (Å²) in [4.78, 5) is 2.48. The quantitative estimate of drug-likeness (QED) is 0.140. The van der Waals surface area contributed by atoms with E-state index in [4.69, 9.17) is 0 Å². The molecule has 0 N–H and O–H groups in total. The summed E-state index contributed by atoms with van der Waals surface area (Å²) in [5, 5.41) is 2.50. The van der Waals surface area contributed by atoms with Crippen LogP contribution in [0.4, 0.5) is 17.1 Å². The molecule has 0 saturated heterocycles. The molecule has 2 nitrogen and oxygen atoms in total. The normalized spacial score (nSPS) is 13.8. The fourth-order valence-electron chi connectivity index (χ4n) is 11.4. The molecule has 12 aromatic rings. The number of hydrogen-bond donors (Lipinski definition) is 0. The standard InChI is InChI=1S/C68H48N2/c1-68(50-23-7-3-8-24-50)63-34-18-15-31-58(63)59-44-42-53(46-64(59)68)69(65-35-19-16-32-60(65)57-30-14-13-29-56(57)55-28-12-11-27-54(55)48-21-5-2-6-22-48)52-40-37-47(38-41-52)49-39-43-62-61-33-17-20-36-66(61)70(67(62)45-49)51-25-9-4-10-26-51/h2-46H,1H3. The van der Waals surface area contributed by atoms with Crippen molar-refractivity contribution in [2.45, 2.75) is 12.3 Å². The number of rotatable bonds is 9. The summed E-state index contributed by atoms with van der Waals surface area (Å²) in [6, 6.07) is 100. The highest BCUT2D eigenvalue weighted by atomic mass is 15.1. The van der Waals surface area contributed by atoms with E-state index >= 15 is 0 Å². The number of para-hydroxylation sites is 3. The van der Waals surface area contributed by atoms with E-state index in [9.17, 15) is 0 Å². The lowest BCUT2D eigenvalue weighted by atomic mass is 9.74. The maximum Gasteiger partial charge on any atom is 0.0547 e. The van der Waals surface area contributed by atoms with Gasteiger partial charge in [0.1, 0.15) is 0 Å². The second-order valence-electron chi connectivity index (χ2n) is 18.5. The fraction of sp³-hybridized carbons (Fsp3) is 0.0294. The second kappa shape index (κ2) is 17.0. The molecule has 0 radical (unpaired) electrons. The summed E-state index contributed by atoms with van der Waals surface area (Å²) in [5.41, 5.74) is 22.4. The van der Waals surface area contributed by atoms with Crippen molar-refractivity contribution in [3.8, 4) is 61.3 Å². The Labute approximate surface area is 409 Å². The van der Waals surface area contributed by atoms with E-state index in [-0.39, 0.29) is 5.41 Å². The van der Waals surface area contributed by atoms with E-state index in [1.54, 1.807) is 0 Å². The van der Waals surface area contributed by atoms with Crippen molar-refractivity contribution in [1.82, 2.24) is 4.57 Å². The van der Waals surface area contributed by atoms with Crippen LogP contribution in [0.15, 0.2) is 273 Å². The summed E-state index contributed by atoms with van der Waals surface area (Å²) >= 11 is 0. The van der Waals surface area contributed by atoms with Crippen LogP contribution in [0.3, 0.4) is 0 Å². The number of nitrogens with zero attached hydrogens (tertiary/aromatic N) is 2. The molecule has 0 bridgehead atoms. The van der Waals surface area contributed by atoms with Crippen molar-refractivity contribution >= 4 is 38.9 Å². The first-order chi connectivity index (χ1) is 34.6. The van der Waals surface area contributed by atoms with Gasteiger partial charge in [-0.3, -0.25) is 0 Å². The number of anilines is 3. The van der Waals surface area contributed by atoms with Gasteiger partial charge in [0.2, 0.25) is 0 Å². The van der Waals surface area contributed by atoms with Crippen LogP contribution in [0, 0.1) is 0 Å². The van der Waals surface area contributed by atoms with Crippen LogP contribution in [0.25, 0.3) is 83.1 Å². The number of benzene rings is 11. The highest BCUT2D eigenvalue weighted by molar-refractivity contribution is 6.10. The van der Waals surface area contributed by atoms with Crippen molar-refractivity contribution in [2.75, 3.05) is 4.90 Å². The summed E-state index contributed by atoms with van der Waals surface area (Å²) < 4.78 is 2.40. The zero-order valence-electron chi connectivity index (χ0n) is 38.9. The minimum absolute atomic E-state index is 0.354. The molecule has 0 saturated carbocycles. The highest BCUT2D eigenvalue weighted by Crippen LogP contribution is 2.54. The lowest BCUT2D eigenvalue weighted by molar-refractivity contribution is 0.714. The lowest BCUT2D eigenvalue weighted by Crippen LogP contribution is -2.22. The Morgan fingerprint density at radius 2 is 0.829 bits per heavy atom. The average molecular weight is 893 g/mol. The van der Waals surface area contributed by atoms with Crippen LogP contribution in [-0.4, -0.2) is 4.57 Å².